The molecule has 2 N–H and O–H groups in total. The molecular weight excluding hydrogens is 218 g/mol. The van der Waals surface area contributed by atoms with Crippen molar-refractivity contribution in [2.24, 2.45) is 29.4 Å². The quantitative estimate of drug-likeness (QED) is 0.798. The van der Waals surface area contributed by atoms with Crippen LogP contribution in [0, 0.1) is 30.6 Å². The molecule has 1 aromatic carbocycles. The highest BCUT2D eigenvalue weighted by molar-refractivity contribution is 5.32. The molecule has 4 aliphatic carbocycles. The van der Waals surface area contributed by atoms with E-state index in [2.05, 4.69) is 31.2 Å². The van der Waals surface area contributed by atoms with E-state index in [0.29, 0.717) is 0 Å². The molecule has 0 aliphatic heterocycles. The topological polar surface area (TPSA) is 26.0 Å². The van der Waals surface area contributed by atoms with Crippen molar-refractivity contribution in [1.29, 1.82) is 0 Å². The summed E-state index contributed by atoms with van der Waals surface area (Å²) in [7, 11) is 0. The lowest BCUT2D eigenvalue weighted by Gasteiger charge is -2.60. The molecule has 0 spiro atoms. The monoisotopic (exact) mass is 241 g/mol. The molecule has 1 nitrogen and oxygen atoms in total. The van der Waals surface area contributed by atoms with Crippen LogP contribution in [0.1, 0.15) is 43.2 Å². The lowest BCUT2D eigenvalue weighted by atomic mass is 9.47. The van der Waals surface area contributed by atoms with Crippen LogP contribution in [0.4, 0.5) is 0 Å². The summed E-state index contributed by atoms with van der Waals surface area (Å²) in [6.07, 6.45) is 7.04. The molecule has 4 saturated carbocycles. The third-order valence-electron chi connectivity index (χ3n) is 6.01. The molecule has 0 heterocycles. The minimum absolute atomic E-state index is 0.0144. The Morgan fingerprint density at radius 2 is 1.61 bits per heavy atom. The molecule has 0 radical (unpaired) electrons. The molecular formula is C17H23N. The second-order valence-electron chi connectivity index (χ2n) is 7.11. The number of rotatable bonds is 1. The fraction of sp³-hybridized carbons (Fsp3) is 0.647. The predicted molar refractivity (Wildman–Crippen MR) is 74.1 cm³/mol. The lowest BCUT2D eigenvalue weighted by Crippen LogP contribution is -2.60. The van der Waals surface area contributed by atoms with Gasteiger partial charge in [0.1, 0.15) is 0 Å². The Labute approximate surface area is 110 Å². The highest BCUT2D eigenvalue weighted by atomic mass is 14.8. The molecule has 0 unspecified atom stereocenters. The van der Waals surface area contributed by atoms with E-state index in [1.54, 1.807) is 0 Å². The number of hydrogen-bond acceptors (Lipinski definition) is 1. The van der Waals surface area contributed by atoms with E-state index in [1.807, 2.05) is 0 Å². The number of hydrogen-bond donors (Lipinski definition) is 1. The summed E-state index contributed by atoms with van der Waals surface area (Å²) in [4.78, 5) is 0. The van der Waals surface area contributed by atoms with E-state index >= 15 is 0 Å². The first kappa shape index (κ1) is 11.0. The Kier molecular flexibility index (Phi) is 2.21. The van der Waals surface area contributed by atoms with Gasteiger partial charge in [-0.2, -0.15) is 0 Å². The zero-order valence-corrected chi connectivity index (χ0v) is 11.2. The normalized spacial score (nSPS) is 45.4. The Bertz CT molecular complexity index is 448. The van der Waals surface area contributed by atoms with Gasteiger partial charge in [0, 0.05) is 5.54 Å². The fourth-order valence-corrected chi connectivity index (χ4v) is 5.35. The largest absolute Gasteiger partial charge is 0.321 e. The fourth-order valence-electron chi connectivity index (χ4n) is 5.35. The van der Waals surface area contributed by atoms with Crippen LogP contribution >= 0.6 is 0 Å². The van der Waals surface area contributed by atoms with Crippen LogP contribution < -0.4 is 5.73 Å². The molecule has 1 heteroatoms. The Hall–Kier alpha value is -0.820. The Balaban J connectivity index is 1.78. The van der Waals surface area contributed by atoms with Gasteiger partial charge in [-0.25, -0.2) is 0 Å². The van der Waals surface area contributed by atoms with E-state index in [1.165, 1.54) is 43.2 Å². The summed E-state index contributed by atoms with van der Waals surface area (Å²) < 4.78 is 0. The van der Waals surface area contributed by atoms with Gasteiger partial charge in [0.15, 0.2) is 0 Å². The Morgan fingerprint density at radius 1 is 1.00 bits per heavy atom. The van der Waals surface area contributed by atoms with Gasteiger partial charge in [-0.1, -0.05) is 29.8 Å². The van der Waals surface area contributed by atoms with Crippen LogP contribution in [0.5, 0.6) is 0 Å². The molecule has 96 valence electrons. The average Bonchev–Trinajstić information content (AvgIpc) is 2.35. The summed E-state index contributed by atoms with van der Waals surface area (Å²) in [6.45, 7) is 2.18. The number of nitrogens with two attached hydrogens (primary N) is 1. The summed E-state index contributed by atoms with van der Waals surface area (Å²) in [5.74, 6) is 3.48. The minimum atomic E-state index is -0.0144. The van der Waals surface area contributed by atoms with E-state index in [-0.39, 0.29) is 5.54 Å². The second kappa shape index (κ2) is 3.60. The van der Waals surface area contributed by atoms with Gasteiger partial charge in [-0.15, -0.1) is 0 Å². The van der Waals surface area contributed by atoms with Crippen molar-refractivity contribution in [1.82, 2.24) is 0 Å². The maximum absolute atomic E-state index is 6.98. The molecule has 1 aromatic rings. The molecule has 0 aromatic heterocycles. The number of benzene rings is 1. The van der Waals surface area contributed by atoms with Crippen LogP contribution in [0.2, 0.25) is 0 Å². The first-order valence-corrected chi connectivity index (χ1v) is 7.52. The Morgan fingerprint density at radius 3 is 2.17 bits per heavy atom. The van der Waals surface area contributed by atoms with Crippen LogP contribution in [0.15, 0.2) is 24.3 Å². The van der Waals surface area contributed by atoms with Crippen molar-refractivity contribution in [3.63, 3.8) is 0 Å². The van der Waals surface area contributed by atoms with Crippen molar-refractivity contribution in [2.75, 3.05) is 0 Å². The first-order valence-electron chi connectivity index (χ1n) is 7.52. The molecule has 18 heavy (non-hydrogen) atoms. The van der Waals surface area contributed by atoms with Crippen molar-refractivity contribution in [2.45, 2.75) is 44.6 Å². The van der Waals surface area contributed by atoms with Crippen LogP contribution in [-0.2, 0) is 5.54 Å². The summed E-state index contributed by atoms with van der Waals surface area (Å²) in [6, 6.07) is 8.98. The molecule has 4 aliphatic rings. The van der Waals surface area contributed by atoms with Gasteiger partial charge < -0.3 is 5.73 Å². The third-order valence-corrected chi connectivity index (χ3v) is 6.01. The van der Waals surface area contributed by atoms with Crippen molar-refractivity contribution >= 4 is 0 Å². The van der Waals surface area contributed by atoms with Crippen LogP contribution in [0.25, 0.3) is 0 Å². The third kappa shape index (κ3) is 1.37. The highest BCUT2D eigenvalue weighted by Crippen LogP contribution is 2.60. The van der Waals surface area contributed by atoms with Gasteiger partial charge in [0.05, 0.1) is 0 Å². The molecule has 4 bridgehead atoms. The van der Waals surface area contributed by atoms with Gasteiger partial charge in [-0.3, -0.25) is 0 Å². The zero-order chi connectivity index (χ0) is 12.3. The number of aryl methyl sites for hydroxylation is 1. The van der Waals surface area contributed by atoms with Crippen molar-refractivity contribution in [3.8, 4) is 0 Å². The molecule has 0 amide bonds. The molecule has 4 fully saturated rings. The van der Waals surface area contributed by atoms with Gasteiger partial charge in [0.25, 0.3) is 0 Å². The molecule has 0 atom stereocenters. The highest BCUT2D eigenvalue weighted by Gasteiger charge is 2.55. The van der Waals surface area contributed by atoms with E-state index in [4.69, 9.17) is 5.73 Å². The average molecular weight is 241 g/mol. The molecule has 0 saturated heterocycles. The van der Waals surface area contributed by atoms with E-state index in [0.717, 1.165) is 23.7 Å². The van der Waals surface area contributed by atoms with Gasteiger partial charge in [-0.05, 0) is 68.3 Å². The standard InChI is InChI=1S/C17H23N/c1-11-3-2-4-14(5-11)17(18)15-7-12-6-13(9-15)10-16(17)8-12/h2-5,12-13,15-16H,6-10,18H2,1H3. The van der Waals surface area contributed by atoms with E-state index < -0.39 is 0 Å². The van der Waals surface area contributed by atoms with E-state index in [9.17, 15) is 0 Å². The van der Waals surface area contributed by atoms with Gasteiger partial charge in [0.2, 0.25) is 0 Å². The smallest absolute Gasteiger partial charge is 0.0467 e. The zero-order valence-electron chi connectivity index (χ0n) is 11.2. The molecule has 5 rings (SSSR count). The van der Waals surface area contributed by atoms with Crippen LogP contribution in [0.3, 0.4) is 0 Å². The van der Waals surface area contributed by atoms with Crippen molar-refractivity contribution < 1.29 is 0 Å². The first-order chi connectivity index (χ1) is 8.66. The second-order valence-corrected chi connectivity index (χ2v) is 7.11. The van der Waals surface area contributed by atoms with Crippen LogP contribution in [-0.4, -0.2) is 0 Å². The lowest BCUT2D eigenvalue weighted by molar-refractivity contribution is -0.0584. The minimum Gasteiger partial charge on any atom is -0.321 e. The van der Waals surface area contributed by atoms with Crippen molar-refractivity contribution in [3.05, 3.63) is 35.4 Å². The predicted octanol–water partition coefficient (Wildman–Crippen LogP) is 3.61. The summed E-state index contributed by atoms with van der Waals surface area (Å²) in [5, 5.41) is 0. The maximum atomic E-state index is 6.98. The SMILES string of the molecule is Cc1cccc(C2(N)C3CC4CC(C3)CC2C4)c1. The van der Waals surface area contributed by atoms with Gasteiger partial charge >= 0.3 is 0 Å². The summed E-state index contributed by atoms with van der Waals surface area (Å²) in [5.41, 5.74) is 9.73. The maximum Gasteiger partial charge on any atom is 0.0467 e. The summed E-state index contributed by atoms with van der Waals surface area (Å²) >= 11 is 0.